The summed E-state index contributed by atoms with van der Waals surface area (Å²) in [5.74, 6) is 0.642. The molecule has 0 bridgehead atoms. The first-order valence-electron chi connectivity index (χ1n) is 8.22. The van der Waals surface area contributed by atoms with Gasteiger partial charge in [-0.05, 0) is 23.6 Å². The van der Waals surface area contributed by atoms with Gasteiger partial charge in [-0.1, -0.05) is 55.5 Å². The summed E-state index contributed by atoms with van der Waals surface area (Å²) in [7, 11) is 3.49. The minimum Gasteiger partial charge on any atom is -0.496 e. The molecule has 4 heteroatoms. The average molecular weight is 326 g/mol. The third-order valence-corrected chi connectivity index (χ3v) is 4.40. The van der Waals surface area contributed by atoms with E-state index in [4.69, 9.17) is 10.5 Å². The fourth-order valence-electron chi connectivity index (χ4n) is 2.77. The molecule has 4 nitrogen and oxygen atoms in total. The number of ether oxygens (including phenoxy) is 1. The maximum atomic E-state index is 12.6. The molecule has 2 rings (SSSR count). The third kappa shape index (κ3) is 4.36. The van der Waals surface area contributed by atoms with E-state index in [1.807, 2.05) is 68.6 Å². The first-order chi connectivity index (χ1) is 11.5. The average Bonchev–Trinajstić information content (AvgIpc) is 2.65. The van der Waals surface area contributed by atoms with Gasteiger partial charge in [0.15, 0.2) is 0 Å². The summed E-state index contributed by atoms with van der Waals surface area (Å²) < 4.78 is 5.36. The van der Waals surface area contributed by atoms with Crippen LogP contribution in [0.2, 0.25) is 0 Å². The summed E-state index contributed by atoms with van der Waals surface area (Å²) in [6.07, 6.45) is 0.750. The van der Waals surface area contributed by atoms with E-state index in [0.29, 0.717) is 6.54 Å². The molecule has 24 heavy (non-hydrogen) atoms. The number of para-hydroxylation sites is 1. The molecule has 0 aliphatic heterocycles. The van der Waals surface area contributed by atoms with Crippen molar-refractivity contribution in [1.29, 1.82) is 0 Å². The summed E-state index contributed by atoms with van der Waals surface area (Å²) in [6.45, 7) is 2.52. The number of amides is 1. The van der Waals surface area contributed by atoms with Gasteiger partial charge < -0.3 is 15.4 Å². The highest BCUT2D eigenvalue weighted by molar-refractivity contribution is 5.79. The first kappa shape index (κ1) is 18.0. The molecule has 0 aliphatic carbocycles. The van der Waals surface area contributed by atoms with Crippen molar-refractivity contribution in [2.75, 3.05) is 20.7 Å². The molecule has 2 atom stereocenters. The number of nitrogens with zero attached hydrogens (tertiary/aromatic N) is 1. The maximum Gasteiger partial charge on any atom is 0.227 e. The Morgan fingerprint density at radius 2 is 1.75 bits per heavy atom. The number of carbonyl (C=O) groups is 1. The Morgan fingerprint density at radius 1 is 1.12 bits per heavy atom. The van der Waals surface area contributed by atoms with Crippen LogP contribution < -0.4 is 10.5 Å². The zero-order chi connectivity index (χ0) is 17.5. The Labute approximate surface area is 144 Å². The second kappa shape index (κ2) is 8.50. The van der Waals surface area contributed by atoms with E-state index in [-0.39, 0.29) is 17.9 Å². The van der Waals surface area contributed by atoms with Gasteiger partial charge >= 0.3 is 0 Å². The molecule has 2 unspecified atom stereocenters. The van der Waals surface area contributed by atoms with Crippen LogP contribution in [0.4, 0.5) is 0 Å². The molecule has 0 heterocycles. The second-order valence-corrected chi connectivity index (χ2v) is 6.05. The summed E-state index contributed by atoms with van der Waals surface area (Å²) in [6, 6.07) is 17.3. The smallest absolute Gasteiger partial charge is 0.227 e. The first-order valence-corrected chi connectivity index (χ1v) is 8.22. The van der Waals surface area contributed by atoms with Crippen LogP contribution in [0.15, 0.2) is 54.6 Å². The van der Waals surface area contributed by atoms with Gasteiger partial charge in [-0.15, -0.1) is 0 Å². The van der Waals surface area contributed by atoms with Crippen molar-refractivity contribution in [3.05, 3.63) is 65.7 Å². The van der Waals surface area contributed by atoms with E-state index in [1.165, 1.54) is 0 Å². The van der Waals surface area contributed by atoms with Crippen molar-refractivity contribution in [2.45, 2.75) is 19.4 Å². The zero-order valence-corrected chi connectivity index (χ0v) is 14.6. The quantitative estimate of drug-likeness (QED) is 0.851. The number of methoxy groups -OCH3 is 1. The van der Waals surface area contributed by atoms with Crippen LogP contribution in [0.3, 0.4) is 0 Å². The SMILES string of the molecule is COc1ccccc1CCN(C)C(=O)C(C)C(N)c1ccccc1. The van der Waals surface area contributed by atoms with Crippen LogP contribution in [0.25, 0.3) is 0 Å². The Morgan fingerprint density at radius 3 is 2.42 bits per heavy atom. The highest BCUT2D eigenvalue weighted by Crippen LogP contribution is 2.22. The van der Waals surface area contributed by atoms with Crippen LogP contribution in [0.5, 0.6) is 5.75 Å². The van der Waals surface area contributed by atoms with Gasteiger partial charge in [0.2, 0.25) is 5.91 Å². The summed E-state index contributed by atoms with van der Waals surface area (Å²) >= 11 is 0. The third-order valence-electron chi connectivity index (χ3n) is 4.40. The van der Waals surface area contributed by atoms with E-state index in [0.717, 1.165) is 23.3 Å². The monoisotopic (exact) mass is 326 g/mol. The predicted molar refractivity (Wildman–Crippen MR) is 96.9 cm³/mol. The lowest BCUT2D eigenvalue weighted by Crippen LogP contribution is -2.38. The molecular formula is C20H26N2O2. The van der Waals surface area contributed by atoms with Crippen molar-refractivity contribution >= 4 is 5.91 Å². The Hall–Kier alpha value is -2.33. The van der Waals surface area contributed by atoms with Gasteiger partial charge in [0.25, 0.3) is 0 Å². The molecule has 0 aromatic heterocycles. The van der Waals surface area contributed by atoms with E-state index < -0.39 is 0 Å². The largest absolute Gasteiger partial charge is 0.496 e. The van der Waals surface area contributed by atoms with Crippen molar-refractivity contribution in [3.8, 4) is 5.75 Å². The van der Waals surface area contributed by atoms with Gasteiger partial charge in [-0.2, -0.15) is 0 Å². The lowest BCUT2D eigenvalue weighted by Gasteiger charge is -2.25. The zero-order valence-electron chi connectivity index (χ0n) is 14.6. The van der Waals surface area contributed by atoms with E-state index in [2.05, 4.69) is 0 Å². The maximum absolute atomic E-state index is 12.6. The Balaban J connectivity index is 1.96. The van der Waals surface area contributed by atoms with Crippen LogP contribution >= 0.6 is 0 Å². The molecule has 0 radical (unpaired) electrons. The lowest BCUT2D eigenvalue weighted by molar-refractivity contribution is -0.134. The highest BCUT2D eigenvalue weighted by atomic mass is 16.5. The standard InChI is InChI=1S/C20H26N2O2/c1-15(19(21)17-10-5-4-6-11-17)20(23)22(2)14-13-16-9-7-8-12-18(16)24-3/h4-12,15,19H,13-14,21H2,1-3H3. The van der Waals surface area contributed by atoms with Crippen molar-refractivity contribution in [3.63, 3.8) is 0 Å². The molecule has 0 spiro atoms. The molecule has 128 valence electrons. The molecule has 0 aliphatic rings. The lowest BCUT2D eigenvalue weighted by atomic mass is 9.94. The molecule has 0 fully saturated rings. The van der Waals surface area contributed by atoms with Crippen molar-refractivity contribution in [2.24, 2.45) is 11.7 Å². The second-order valence-electron chi connectivity index (χ2n) is 6.05. The molecule has 1 amide bonds. The van der Waals surface area contributed by atoms with Gasteiger partial charge in [-0.25, -0.2) is 0 Å². The number of likely N-dealkylation sites (N-methyl/N-ethyl adjacent to an activating group) is 1. The van der Waals surface area contributed by atoms with Crippen LogP contribution in [0.1, 0.15) is 24.1 Å². The van der Waals surface area contributed by atoms with Gasteiger partial charge in [-0.3, -0.25) is 4.79 Å². The molecule has 0 saturated carbocycles. The molecule has 0 saturated heterocycles. The number of rotatable bonds is 7. The van der Waals surface area contributed by atoms with Crippen molar-refractivity contribution < 1.29 is 9.53 Å². The highest BCUT2D eigenvalue weighted by Gasteiger charge is 2.24. The van der Waals surface area contributed by atoms with Gasteiger partial charge in [0, 0.05) is 19.6 Å². The molecule has 2 N–H and O–H groups in total. The van der Waals surface area contributed by atoms with Gasteiger partial charge in [0.05, 0.1) is 13.0 Å². The van der Waals surface area contributed by atoms with E-state index in [1.54, 1.807) is 12.0 Å². The summed E-state index contributed by atoms with van der Waals surface area (Å²) in [5.41, 5.74) is 8.34. The summed E-state index contributed by atoms with van der Waals surface area (Å²) in [5, 5.41) is 0. The molecule has 2 aromatic carbocycles. The van der Waals surface area contributed by atoms with Crippen LogP contribution in [-0.4, -0.2) is 31.5 Å². The molecular weight excluding hydrogens is 300 g/mol. The number of hydrogen-bond donors (Lipinski definition) is 1. The number of benzene rings is 2. The van der Waals surface area contributed by atoms with Crippen LogP contribution in [-0.2, 0) is 11.2 Å². The minimum atomic E-state index is -0.299. The van der Waals surface area contributed by atoms with Gasteiger partial charge in [0.1, 0.15) is 5.75 Å². The predicted octanol–water partition coefficient (Wildman–Crippen LogP) is 3.03. The van der Waals surface area contributed by atoms with E-state index in [9.17, 15) is 4.79 Å². The van der Waals surface area contributed by atoms with Crippen LogP contribution in [0, 0.1) is 5.92 Å². The fraction of sp³-hybridized carbons (Fsp3) is 0.350. The topological polar surface area (TPSA) is 55.6 Å². The molecule has 2 aromatic rings. The number of carbonyl (C=O) groups excluding carboxylic acids is 1. The minimum absolute atomic E-state index is 0.0567. The Kier molecular flexibility index (Phi) is 6.38. The van der Waals surface area contributed by atoms with Crippen molar-refractivity contribution in [1.82, 2.24) is 4.90 Å². The number of hydrogen-bond acceptors (Lipinski definition) is 3. The normalized spacial score (nSPS) is 13.2. The fourth-order valence-corrected chi connectivity index (χ4v) is 2.77. The number of nitrogens with two attached hydrogens (primary N) is 1. The van der Waals surface area contributed by atoms with E-state index >= 15 is 0 Å². The Bertz CT molecular complexity index is 658. The summed E-state index contributed by atoms with van der Waals surface area (Å²) in [4.78, 5) is 14.4.